The summed E-state index contributed by atoms with van der Waals surface area (Å²) in [7, 11) is 0. The van der Waals surface area contributed by atoms with E-state index in [0.29, 0.717) is 12.0 Å². The minimum Gasteiger partial charge on any atom is -0.458 e. The van der Waals surface area contributed by atoms with E-state index in [-0.39, 0.29) is 18.0 Å². The van der Waals surface area contributed by atoms with Crippen LogP contribution in [0.4, 0.5) is 10.5 Å². The number of rotatable bonds is 11. The van der Waals surface area contributed by atoms with Crippen LogP contribution in [-0.4, -0.2) is 57.4 Å². The maximum atomic E-state index is 12.8. The van der Waals surface area contributed by atoms with Gasteiger partial charge in [0.25, 0.3) is 5.69 Å². The molecular weight excluding hydrogens is 482 g/mol. The number of nitrogens with zero attached hydrogens (tertiary/aromatic N) is 1. The number of esters is 1. The number of aliphatic hydroxyl groups is 1. The van der Waals surface area contributed by atoms with E-state index in [1.165, 1.54) is 24.3 Å². The predicted octanol–water partition coefficient (Wildman–Crippen LogP) is 3.65. The molecule has 208 valence electrons. The first-order valence-electron chi connectivity index (χ1n) is 12.3. The molecule has 0 aliphatic carbocycles. The Balaban J connectivity index is 3.02. The molecule has 0 saturated carbocycles. The van der Waals surface area contributed by atoms with Crippen molar-refractivity contribution in [2.75, 3.05) is 0 Å². The van der Waals surface area contributed by atoms with Gasteiger partial charge in [-0.15, -0.1) is 0 Å². The number of amides is 2. The van der Waals surface area contributed by atoms with Gasteiger partial charge in [0, 0.05) is 12.1 Å². The van der Waals surface area contributed by atoms with E-state index in [2.05, 4.69) is 10.6 Å². The maximum absolute atomic E-state index is 12.8. The molecule has 0 bridgehead atoms. The van der Waals surface area contributed by atoms with Gasteiger partial charge >= 0.3 is 12.1 Å². The van der Waals surface area contributed by atoms with Crippen molar-refractivity contribution in [2.45, 2.75) is 104 Å². The lowest BCUT2D eigenvalue weighted by molar-refractivity contribution is -0.384. The lowest BCUT2D eigenvalue weighted by Gasteiger charge is -2.28. The first-order chi connectivity index (χ1) is 16.9. The molecule has 1 aromatic carbocycles. The molecule has 0 radical (unpaired) electrons. The second kappa shape index (κ2) is 13.4. The number of nitrogens with one attached hydrogen (secondary N) is 2. The summed E-state index contributed by atoms with van der Waals surface area (Å²) in [6.45, 7) is 14.1. The van der Waals surface area contributed by atoms with Crippen molar-refractivity contribution < 1.29 is 33.9 Å². The largest absolute Gasteiger partial charge is 0.458 e. The van der Waals surface area contributed by atoms with Crippen LogP contribution >= 0.6 is 0 Å². The Kier molecular flexibility index (Phi) is 11.5. The molecule has 11 heteroatoms. The monoisotopic (exact) mass is 523 g/mol. The summed E-state index contributed by atoms with van der Waals surface area (Å²) in [6.07, 6.45) is -2.12. The lowest BCUT2D eigenvalue weighted by Crippen LogP contribution is -2.50. The van der Waals surface area contributed by atoms with Crippen LogP contribution in [0.5, 0.6) is 0 Å². The van der Waals surface area contributed by atoms with E-state index in [1.807, 2.05) is 13.8 Å². The molecule has 0 aliphatic heterocycles. The summed E-state index contributed by atoms with van der Waals surface area (Å²) >= 11 is 0. The smallest absolute Gasteiger partial charge is 0.407 e. The Morgan fingerprint density at radius 3 is 1.97 bits per heavy atom. The molecule has 37 heavy (non-hydrogen) atoms. The Labute approximate surface area is 218 Å². The van der Waals surface area contributed by atoms with Crippen LogP contribution in [0.15, 0.2) is 24.3 Å². The number of carbonyl (C=O) groups excluding carboxylic acids is 3. The summed E-state index contributed by atoms with van der Waals surface area (Å²) in [5, 5.41) is 27.1. The number of hydrogen-bond acceptors (Lipinski definition) is 8. The zero-order valence-electron chi connectivity index (χ0n) is 23.0. The summed E-state index contributed by atoms with van der Waals surface area (Å²) in [6, 6.07) is 3.80. The molecule has 3 atom stereocenters. The zero-order chi connectivity index (χ0) is 28.6. The molecule has 0 aliphatic rings. The van der Waals surface area contributed by atoms with Gasteiger partial charge in [0.05, 0.1) is 23.5 Å². The van der Waals surface area contributed by atoms with Crippen LogP contribution in [-0.2, 0) is 25.5 Å². The molecule has 0 heterocycles. The molecule has 1 aromatic rings. The number of nitro benzene ring substituents is 1. The Morgan fingerprint density at radius 1 is 0.973 bits per heavy atom. The third-order valence-electron chi connectivity index (χ3n) is 4.90. The number of benzene rings is 1. The number of alkyl carbamates (subject to hydrolysis) is 1. The highest BCUT2D eigenvalue weighted by atomic mass is 16.6. The molecule has 0 saturated heterocycles. The molecule has 1 rings (SSSR count). The molecular formula is C26H41N3O8. The average molecular weight is 524 g/mol. The van der Waals surface area contributed by atoms with Crippen molar-refractivity contribution in [2.24, 2.45) is 5.92 Å². The highest BCUT2D eigenvalue weighted by molar-refractivity contribution is 5.85. The third-order valence-corrected chi connectivity index (χ3v) is 4.90. The second-order valence-corrected chi connectivity index (χ2v) is 11.4. The fourth-order valence-corrected chi connectivity index (χ4v) is 3.39. The Bertz CT molecular complexity index is 933. The van der Waals surface area contributed by atoms with Gasteiger partial charge in [0.1, 0.15) is 17.2 Å². The van der Waals surface area contributed by atoms with Gasteiger partial charge in [0.15, 0.2) is 0 Å². The van der Waals surface area contributed by atoms with Gasteiger partial charge in [-0.05, 0) is 65.9 Å². The average Bonchev–Trinajstić information content (AvgIpc) is 2.70. The van der Waals surface area contributed by atoms with E-state index in [0.717, 1.165) is 0 Å². The standard InChI is InChI=1S/C26H41N3O8/c1-16(2)13-20(23(32)36-25(3,4)5)27-22(31)15-21(30)19(28-24(33)37-26(6,7)8)14-17-9-11-18(12-10-17)29(34)35/h9-12,16,19-21,30H,13-15H2,1-8H3,(H,27,31)(H,28,33)/t19-,20-,21-/m0/s1. The number of hydrogen-bond donors (Lipinski definition) is 3. The topological polar surface area (TPSA) is 157 Å². The normalized spacial score (nSPS) is 14.3. The van der Waals surface area contributed by atoms with Crippen LogP contribution < -0.4 is 10.6 Å². The molecule has 3 N–H and O–H groups in total. The zero-order valence-corrected chi connectivity index (χ0v) is 23.0. The van der Waals surface area contributed by atoms with Gasteiger partial charge < -0.3 is 25.2 Å². The molecule has 0 fully saturated rings. The number of nitro groups is 1. The van der Waals surface area contributed by atoms with Gasteiger partial charge in [-0.2, -0.15) is 0 Å². The van der Waals surface area contributed by atoms with Gasteiger partial charge in [-0.1, -0.05) is 26.0 Å². The number of aliphatic hydroxyl groups excluding tert-OH is 1. The quantitative estimate of drug-likeness (QED) is 0.225. The van der Waals surface area contributed by atoms with E-state index < -0.39 is 58.7 Å². The lowest BCUT2D eigenvalue weighted by atomic mass is 9.98. The predicted molar refractivity (Wildman–Crippen MR) is 138 cm³/mol. The fraction of sp³-hybridized carbons (Fsp3) is 0.654. The van der Waals surface area contributed by atoms with Crippen molar-refractivity contribution in [3.8, 4) is 0 Å². The van der Waals surface area contributed by atoms with Crippen molar-refractivity contribution in [3.63, 3.8) is 0 Å². The highest BCUT2D eigenvalue weighted by Crippen LogP contribution is 2.17. The second-order valence-electron chi connectivity index (χ2n) is 11.4. The summed E-state index contributed by atoms with van der Waals surface area (Å²) in [5.74, 6) is -1.08. The minimum absolute atomic E-state index is 0.0766. The van der Waals surface area contributed by atoms with E-state index in [1.54, 1.807) is 41.5 Å². The minimum atomic E-state index is -1.35. The molecule has 2 amide bonds. The molecule has 0 spiro atoms. The van der Waals surface area contributed by atoms with Gasteiger partial charge in [0.2, 0.25) is 5.91 Å². The van der Waals surface area contributed by atoms with Crippen molar-refractivity contribution in [1.29, 1.82) is 0 Å². The Hall–Kier alpha value is -3.21. The number of non-ortho nitro benzene ring substituents is 1. The number of carbonyl (C=O) groups is 3. The van der Waals surface area contributed by atoms with Crippen molar-refractivity contribution in [1.82, 2.24) is 10.6 Å². The highest BCUT2D eigenvalue weighted by Gasteiger charge is 2.31. The van der Waals surface area contributed by atoms with E-state index >= 15 is 0 Å². The van der Waals surface area contributed by atoms with Crippen LogP contribution in [0, 0.1) is 16.0 Å². The van der Waals surface area contributed by atoms with Crippen LogP contribution in [0.3, 0.4) is 0 Å². The van der Waals surface area contributed by atoms with Crippen LogP contribution in [0.25, 0.3) is 0 Å². The fourth-order valence-electron chi connectivity index (χ4n) is 3.39. The molecule has 11 nitrogen and oxygen atoms in total. The van der Waals surface area contributed by atoms with E-state index in [4.69, 9.17) is 9.47 Å². The van der Waals surface area contributed by atoms with Crippen molar-refractivity contribution >= 4 is 23.7 Å². The first kappa shape index (κ1) is 31.8. The molecule has 0 aromatic heterocycles. The third kappa shape index (κ3) is 13.1. The van der Waals surface area contributed by atoms with Crippen molar-refractivity contribution in [3.05, 3.63) is 39.9 Å². The SMILES string of the molecule is CC(C)C[C@H](NC(=O)C[C@H](O)[C@H](Cc1ccc([N+](=O)[O-])cc1)NC(=O)OC(C)(C)C)C(=O)OC(C)(C)C. The Morgan fingerprint density at radius 2 is 1.51 bits per heavy atom. The first-order valence-corrected chi connectivity index (χ1v) is 12.3. The van der Waals surface area contributed by atoms with Crippen LogP contribution in [0.2, 0.25) is 0 Å². The van der Waals surface area contributed by atoms with Gasteiger partial charge in [-0.25, -0.2) is 9.59 Å². The summed E-state index contributed by atoms with van der Waals surface area (Å²) < 4.78 is 10.7. The van der Waals surface area contributed by atoms with Gasteiger partial charge in [-0.3, -0.25) is 14.9 Å². The van der Waals surface area contributed by atoms with Crippen LogP contribution in [0.1, 0.15) is 73.8 Å². The van der Waals surface area contributed by atoms with E-state index in [9.17, 15) is 29.6 Å². The maximum Gasteiger partial charge on any atom is 0.407 e. The summed E-state index contributed by atoms with van der Waals surface area (Å²) in [4.78, 5) is 48.3. The molecule has 0 unspecified atom stereocenters. The summed E-state index contributed by atoms with van der Waals surface area (Å²) in [5.41, 5.74) is -1.03. The number of ether oxygens (including phenoxy) is 2.